The second kappa shape index (κ2) is 5.45. The molecule has 0 saturated heterocycles. The van der Waals surface area contributed by atoms with Crippen LogP contribution in [0.5, 0.6) is 0 Å². The molecule has 5 nitrogen and oxygen atoms in total. The Hall–Kier alpha value is -1.20. The molecule has 6 heteroatoms. The molecular weight excluding hydrogens is 159 g/mol. The molecule has 2 N–H and O–H groups in total. The molecule has 0 unspecified atom stereocenters. The van der Waals surface area contributed by atoms with E-state index in [4.69, 9.17) is 10.5 Å². The number of carbonyl (C=O) groups excluding carboxylic acids is 1. The number of hydrogen-bond acceptors (Lipinski definition) is 3. The first-order valence-electron chi connectivity index (χ1n) is 3.87. The van der Waals surface area contributed by atoms with Gasteiger partial charge in [0.1, 0.15) is 0 Å². The third-order valence-electron chi connectivity index (χ3n) is 1.40. The van der Waals surface area contributed by atoms with Gasteiger partial charge in [-0.1, -0.05) is 26.5 Å². The van der Waals surface area contributed by atoms with Crippen LogP contribution in [-0.4, -0.2) is 23.9 Å². The highest BCUT2D eigenvalue weighted by molar-refractivity contribution is 6.51. The molecule has 0 aromatic rings. The number of rotatable bonds is 5. The molecule has 0 aromatic heterocycles. The minimum Gasteiger partial charge on any atom is -0.463 e. The normalized spacial score (nSPS) is 11.0. The minimum absolute atomic E-state index is 0.111. The molecule has 12 heavy (non-hydrogen) atoms. The van der Waals surface area contributed by atoms with Crippen LogP contribution in [-0.2, 0) is 9.55 Å². The number of amides is 1. The molecule has 0 bridgehead atoms. The van der Waals surface area contributed by atoms with Crippen molar-refractivity contribution in [3.05, 3.63) is 5.21 Å². The molecule has 0 aliphatic carbocycles. The molecule has 0 radical (unpaired) electrons. The zero-order chi connectivity index (χ0) is 9.56. The van der Waals surface area contributed by atoms with Crippen LogP contribution in [0.25, 0.3) is 0 Å². The predicted octanol–water partition coefficient (Wildman–Crippen LogP) is 0.0157. The second-order valence-corrected chi connectivity index (χ2v) is 2.36. The van der Waals surface area contributed by atoms with Crippen molar-refractivity contribution >= 4 is 19.0 Å². The van der Waals surface area contributed by atoms with E-state index < -0.39 is 5.91 Å². The van der Waals surface area contributed by atoms with E-state index in [0.29, 0.717) is 6.21 Å². The maximum absolute atomic E-state index is 10.7. The van der Waals surface area contributed by atoms with Crippen LogP contribution in [0.1, 0.15) is 13.8 Å². The fourth-order valence-electron chi connectivity index (χ4n) is 0.719. The number of nitrogens with zero attached hydrogens (tertiary/aromatic N) is 1. The lowest BCUT2D eigenvalue weighted by Gasteiger charge is -2.11. The molecule has 0 atom stereocenters. The zero-order valence-corrected chi connectivity index (χ0v) is 7.32. The average molecular weight is 172 g/mol. The average Bonchev–Trinajstić information content (AvgIpc) is 1.98. The van der Waals surface area contributed by atoms with Gasteiger partial charge in [-0.3, -0.25) is 10.0 Å². The van der Waals surface area contributed by atoms with Crippen molar-refractivity contribution in [1.29, 1.82) is 0 Å². The van der Waals surface area contributed by atoms with Crippen LogP contribution < -0.4 is 5.73 Å². The van der Waals surface area contributed by atoms with Gasteiger partial charge in [-0.05, 0) is 0 Å². The largest absolute Gasteiger partial charge is 0.463 e. The highest BCUT2D eigenvalue weighted by atomic mass is 16.8. The fourth-order valence-corrected chi connectivity index (χ4v) is 0.719. The van der Waals surface area contributed by atoms with E-state index in [1.807, 2.05) is 13.8 Å². The quantitative estimate of drug-likeness (QED) is 0.274. The lowest BCUT2D eigenvalue weighted by molar-refractivity contribution is -0.697. The van der Waals surface area contributed by atoms with Gasteiger partial charge in [-0.2, -0.15) is 0 Å². The van der Waals surface area contributed by atoms with Crippen molar-refractivity contribution in [1.82, 2.24) is 0 Å². The highest BCUT2D eigenvalue weighted by Gasteiger charge is 2.09. The topological polar surface area (TPSA) is 78.4 Å². The fraction of sp³-hybridized carbons (Fsp3) is 0.667. The van der Waals surface area contributed by atoms with Gasteiger partial charge in [0.2, 0.25) is 0 Å². The van der Waals surface area contributed by atoms with Gasteiger partial charge >= 0.3 is 5.91 Å². The van der Waals surface area contributed by atoms with Gasteiger partial charge in [-0.15, -0.1) is 0 Å². The van der Waals surface area contributed by atoms with E-state index in [2.05, 4.69) is 0 Å². The molecule has 0 rings (SSSR count). The lowest BCUT2D eigenvalue weighted by atomic mass is 9.63. The van der Waals surface area contributed by atoms with Crippen molar-refractivity contribution in [2.45, 2.75) is 26.5 Å². The SMILES string of the molecule is CCB(CC)O/[N+]([O-])=C/C(N)=O. The summed E-state index contributed by atoms with van der Waals surface area (Å²) >= 11 is 0. The van der Waals surface area contributed by atoms with Crippen LogP contribution in [0.3, 0.4) is 0 Å². The Kier molecular flexibility index (Phi) is 4.91. The Bertz CT molecular complexity index is 180. The second-order valence-electron chi connectivity index (χ2n) is 2.36. The third-order valence-corrected chi connectivity index (χ3v) is 1.40. The highest BCUT2D eigenvalue weighted by Crippen LogP contribution is 1.99. The monoisotopic (exact) mass is 172 g/mol. The summed E-state index contributed by atoms with van der Waals surface area (Å²) < 4.78 is 4.78. The number of hydrogen-bond donors (Lipinski definition) is 1. The molecule has 68 valence electrons. The molecule has 0 spiro atoms. The summed E-state index contributed by atoms with van der Waals surface area (Å²) in [6.45, 7) is 3.64. The van der Waals surface area contributed by atoms with Gasteiger partial charge in [-0.25, -0.2) is 0 Å². The number of nitrogens with two attached hydrogens (primary N) is 1. The molecular formula is C6H13BN2O3. The third kappa shape index (κ3) is 4.59. The Balaban J connectivity index is 3.97. The summed E-state index contributed by atoms with van der Waals surface area (Å²) in [7, 11) is 0. The number of primary amides is 1. The van der Waals surface area contributed by atoms with Crippen molar-refractivity contribution in [3.63, 3.8) is 0 Å². The van der Waals surface area contributed by atoms with Crippen LogP contribution in [0, 0.1) is 5.21 Å². The number of carbonyl (C=O) groups is 1. The smallest absolute Gasteiger partial charge is 0.311 e. The van der Waals surface area contributed by atoms with Gasteiger partial charge in [0.05, 0.1) is 0 Å². The van der Waals surface area contributed by atoms with Gasteiger partial charge in [0, 0.05) is 4.90 Å². The maximum Gasteiger partial charge on any atom is 0.311 e. The molecule has 0 heterocycles. The van der Waals surface area contributed by atoms with E-state index in [-0.39, 0.29) is 11.8 Å². The van der Waals surface area contributed by atoms with Crippen LogP contribution in [0.2, 0.25) is 12.6 Å². The van der Waals surface area contributed by atoms with Crippen molar-refractivity contribution in [2.75, 3.05) is 0 Å². The summed E-state index contributed by atoms with van der Waals surface area (Å²) in [5, 5.41) is 10.7. The van der Waals surface area contributed by atoms with Crippen LogP contribution >= 0.6 is 0 Å². The standard InChI is InChI=1S/C6H13BN2O3/c1-3-7(4-2)12-9(11)5-6(8)10/h5H,3-4H2,1-2H3,(H2,8,10)/b9-5+. The molecule has 0 aliphatic rings. The molecule has 1 amide bonds. The minimum atomic E-state index is -0.809. The van der Waals surface area contributed by atoms with Crippen LogP contribution in [0.15, 0.2) is 0 Å². The zero-order valence-electron chi connectivity index (χ0n) is 7.32. The summed E-state index contributed by atoms with van der Waals surface area (Å²) in [5.74, 6) is -0.809. The first kappa shape index (κ1) is 10.8. The first-order valence-corrected chi connectivity index (χ1v) is 3.87. The first-order chi connectivity index (χ1) is 5.60. The summed E-state index contributed by atoms with van der Waals surface area (Å²) in [6.07, 6.45) is 2.11. The van der Waals surface area contributed by atoms with E-state index in [1.54, 1.807) is 0 Å². The Morgan fingerprint density at radius 3 is 2.50 bits per heavy atom. The Labute approximate surface area is 71.8 Å². The molecule has 0 aliphatic heterocycles. The molecule has 0 aromatic carbocycles. The predicted molar refractivity (Wildman–Crippen MR) is 46.7 cm³/mol. The van der Waals surface area contributed by atoms with Crippen molar-refractivity contribution < 1.29 is 14.5 Å². The molecule has 0 fully saturated rings. The Morgan fingerprint density at radius 1 is 1.67 bits per heavy atom. The van der Waals surface area contributed by atoms with Gasteiger partial charge < -0.3 is 10.5 Å². The van der Waals surface area contributed by atoms with Crippen molar-refractivity contribution in [3.8, 4) is 0 Å². The maximum atomic E-state index is 10.7. The van der Waals surface area contributed by atoms with Crippen LogP contribution in [0.4, 0.5) is 0 Å². The van der Waals surface area contributed by atoms with E-state index in [1.165, 1.54) is 0 Å². The van der Waals surface area contributed by atoms with Gasteiger partial charge in [0.25, 0.3) is 13.1 Å². The van der Waals surface area contributed by atoms with E-state index in [0.717, 1.165) is 12.6 Å². The van der Waals surface area contributed by atoms with E-state index in [9.17, 15) is 10.0 Å². The summed E-state index contributed by atoms with van der Waals surface area (Å²) in [6, 6.07) is 0. The summed E-state index contributed by atoms with van der Waals surface area (Å²) in [5.41, 5.74) is 4.74. The molecule has 0 saturated carbocycles. The van der Waals surface area contributed by atoms with Crippen molar-refractivity contribution in [2.24, 2.45) is 5.73 Å². The Morgan fingerprint density at radius 2 is 2.17 bits per heavy atom. The van der Waals surface area contributed by atoms with Gasteiger partial charge in [0.15, 0.2) is 0 Å². The lowest BCUT2D eigenvalue weighted by Crippen LogP contribution is -2.25. The summed E-state index contributed by atoms with van der Waals surface area (Å²) in [4.78, 5) is 10.3. The van der Waals surface area contributed by atoms with E-state index >= 15 is 0 Å².